The van der Waals surface area contributed by atoms with E-state index in [1.54, 1.807) is 25.1 Å². The molecule has 5 rings (SSSR count). The van der Waals surface area contributed by atoms with E-state index in [0.717, 1.165) is 16.0 Å². The number of aromatic amines is 1. The summed E-state index contributed by atoms with van der Waals surface area (Å²) in [7, 11) is 0. The highest BCUT2D eigenvalue weighted by molar-refractivity contribution is 6.51. The fourth-order valence-electron chi connectivity index (χ4n) is 4.40. The molecule has 0 aliphatic carbocycles. The summed E-state index contributed by atoms with van der Waals surface area (Å²) in [6.45, 7) is 3.64. The number of phenols is 1. The molecular formula is C27H21N3O6. The lowest BCUT2D eigenvalue weighted by atomic mass is 9.93. The van der Waals surface area contributed by atoms with Crippen LogP contribution in [0, 0.1) is 13.8 Å². The van der Waals surface area contributed by atoms with Crippen LogP contribution in [0.2, 0.25) is 0 Å². The number of benzene rings is 3. The van der Waals surface area contributed by atoms with Gasteiger partial charge in [-0.05, 0) is 61.4 Å². The summed E-state index contributed by atoms with van der Waals surface area (Å²) < 4.78 is 0. The van der Waals surface area contributed by atoms with Crippen molar-refractivity contribution in [2.24, 2.45) is 0 Å². The second kappa shape index (κ2) is 8.38. The minimum Gasteiger partial charge on any atom is -0.508 e. The Hall–Kier alpha value is -4.92. The van der Waals surface area contributed by atoms with Crippen LogP contribution >= 0.6 is 0 Å². The highest BCUT2D eigenvalue weighted by Crippen LogP contribution is 2.42. The van der Waals surface area contributed by atoms with E-state index in [2.05, 4.69) is 9.97 Å². The van der Waals surface area contributed by atoms with E-state index in [-0.39, 0.29) is 28.6 Å². The van der Waals surface area contributed by atoms with Gasteiger partial charge < -0.3 is 20.3 Å². The number of aliphatic hydroxyl groups is 1. The molecule has 0 spiro atoms. The van der Waals surface area contributed by atoms with E-state index < -0.39 is 23.7 Å². The topological polar surface area (TPSA) is 144 Å². The number of aromatic hydroxyl groups is 1. The Bertz CT molecular complexity index is 1600. The molecule has 4 aromatic rings. The van der Waals surface area contributed by atoms with Crippen molar-refractivity contribution in [2.45, 2.75) is 19.9 Å². The number of ketones is 1. The van der Waals surface area contributed by atoms with Gasteiger partial charge in [0.15, 0.2) is 0 Å². The zero-order chi connectivity index (χ0) is 25.7. The molecule has 1 atom stereocenters. The third kappa shape index (κ3) is 3.67. The number of carbonyl (C=O) groups is 3. The summed E-state index contributed by atoms with van der Waals surface area (Å²) in [4.78, 5) is 46.5. The van der Waals surface area contributed by atoms with Crippen LogP contribution < -0.4 is 4.90 Å². The van der Waals surface area contributed by atoms with Crippen molar-refractivity contribution in [3.63, 3.8) is 0 Å². The van der Waals surface area contributed by atoms with Gasteiger partial charge >= 0.3 is 11.9 Å². The van der Waals surface area contributed by atoms with Crippen molar-refractivity contribution >= 4 is 40.4 Å². The molecule has 1 aliphatic rings. The van der Waals surface area contributed by atoms with Crippen LogP contribution in [0.5, 0.6) is 5.75 Å². The number of carbonyl (C=O) groups excluding carboxylic acids is 2. The number of aromatic carboxylic acids is 1. The van der Waals surface area contributed by atoms with Crippen LogP contribution in [0.15, 0.2) is 66.2 Å². The van der Waals surface area contributed by atoms with Crippen LogP contribution in [-0.4, -0.2) is 42.9 Å². The Kier molecular flexibility index (Phi) is 5.32. The summed E-state index contributed by atoms with van der Waals surface area (Å²) in [5.41, 5.74) is 3.15. The Morgan fingerprint density at radius 3 is 2.39 bits per heavy atom. The van der Waals surface area contributed by atoms with Crippen molar-refractivity contribution in [2.75, 3.05) is 4.90 Å². The van der Waals surface area contributed by atoms with Gasteiger partial charge in [-0.3, -0.25) is 14.5 Å². The maximum atomic E-state index is 13.3. The molecule has 9 heteroatoms. The number of nitrogens with zero attached hydrogens (tertiary/aromatic N) is 2. The monoisotopic (exact) mass is 483 g/mol. The molecule has 1 saturated heterocycles. The number of amides is 1. The quantitative estimate of drug-likeness (QED) is 0.193. The fourth-order valence-corrected chi connectivity index (χ4v) is 4.40. The average Bonchev–Trinajstić information content (AvgIpc) is 3.38. The molecule has 4 N–H and O–H groups in total. The number of aromatic nitrogens is 2. The lowest BCUT2D eigenvalue weighted by molar-refractivity contribution is -0.132. The van der Waals surface area contributed by atoms with Crippen LogP contribution in [0.4, 0.5) is 5.95 Å². The van der Waals surface area contributed by atoms with Crippen molar-refractivity contribution in [1.82, 2.24) is 9.97 Å². The Balaban J connectivity index is 1.74. The first-order valence-electron chi connectivity index (χ1n) is 11.1. The average molecular weight is 483 g/mol. The van der Waals surface area contributed by atoms with Gasteiger partial charge in [-0.25, -0.2) is 9.78 Å². The summed E-state index contributed by atoms with van der Waals surface area (Å²) in [6, 6.07) is 14.6. The summed E-state index contributed by atoms with van der Waals surface area (Å²) >= 11 is 0. The fraction of sp³-hybridized carbons (Fsp3) is 0.111. The number of aliphatic hydroxyl groups excluding tert-OH is 1. The number of anilines is 1. The smallest absolute Gasteiger partial charge is 0.335 e. The number of Topliss-reactive ketones (excluding diaryl/α,β-unsaturated/α-hetero) is 1. The predicted octanol–water partition coefficient (Wildman–Crippen LogP) is 4.21. The van der Waals surface area contributed by atoms with Crippen LogP contribution in [0.1, 0.15) is 38.7 Å². The van der Waals surface area contributed by atoms with Gasteiger partial charge in [0.05, 0.1) is 28.2 Å². The van der Waals surface area contributed by atoms with Gasteiger partial charge in [-0.2, -0.15) is 0 Å². The van der Waals surface area contributed by atoms with E-state index in [1.807, 2.05) is 19.1 Å². The minimum atomic E-state index is -1.12. The first-order valence-corrected chi connectivity index (χ1v) is 11.1. The number of carboxylic acid groups (broad SMARTS) is 1. The molecule has 0 saturated carbocycles. The Labute approximate surface area is 205 Å². The van der Waals surface area contributed by atoms with Crippen molar-refractivity contribution in [3.8, 4) is 5.75 Å². The molecule has 9 nitrogen and oxygen atoms in total. The number of hydrogen-bond donors (Lipinski definition) is 4. The molecule has 180 valence electrons. The molecule has 3 aromatic carbocycles. The van der Waals surface area contributed by atoms with Gasteiger partial charge in [-0.1, -0.05) is 29.8 Å². The summed E-state index contributed by atoms with van der Waals surface area (Å²) in [5, 5.41) is 30.4. The van der Waals surface area contributed by atoms with Crippen molar-refractivity contribution in [1.29, 1.82) is 0 Å². The molecule has 36 heavy (non-hydrogen) atoms. The molecule has 1 amide bonds. The van der Waals surface area contributed by atoms with E-state index >= 15 is 0 Å². The number of nitrogens with one attached hydrogen (secondary N) is 1. The number of fused-ring (bicyclic) bond motifs is 1. The molecule has 1 fully saturated rings. The number of carboxylic acids is 1. The third-order valence-corrected chi connectivity index (χ3v) is 6.25. The Morgan fingerprint density at radius 2 is 1.69 bits per heavy atom. The molecule has 0 radical (unpaired) electrons. The first-order chi connectivity index (χ1) is 17.2. The van der Waals surface area contributed by atoms with Crippen LogP contribution in [0.25, 0.3) is 16.8 Å². The zero-order valence-electron chi connectivity index (χ0n) is 19.3. The number of rotatable bonds is 4. The second-order valence-electron chi connectivity index (χ2n) is 8.68. The Morgan fingerprint density at radius 1 is 0.972 bits per heavy atom. The normalized spacial score (nSPS) is 17.2. The SMILES string of the molecule is Cc1ccc(C)c(/C(O)=C2\C(=O)C(=O)N(c3nc4ccc(C(=O)O)cc4[nH]3)C2c2ccc(O)cc2)c1. The standard InChI is InChI=1S/C27H21N3O6/c1-13-3-4-14(2)18(11-13)23(32)21-22(15-5-8-17(31)9-6-15)30(25(34)24(21)33)27-28-19-10-7-16(26(35)36)12-20(19)29-27/h3-12,22,31-32H,1-2H3,(H,28,29)(H,35,36)/b23-21+. The lowest BCUT2D eigenvalue weighted by Gasteiger charge is -2.23. The van der Waals surface area contributed by atoms with Gasteiger partial charge in [0, 0.05) is 5.56 Å². The largest absolute Gasteiger partial charge is 0.508 e. The number of imidazole rings is 1. The van der Waals surface area contributed by atoms with Gasteiger partial charge in [0.25, 0.3) is 5.78 Å². The molecule has 0 bridgehead atoms. The first kappa shape index (κ1) is 22.9. The van der Waals surface area contributed by atoms with Gasteiger partial charge in [0.1, 0.15) is 11.5 Å². The van der Waals surface area contributed by atoms with Crippen LogP contribution in [0.3, 0.4) is 0 Å². The van der Waals surface area contributed by atoms with E-state index in [9.17, 15) is 29.7 Å². The number of phenolic OH excluding ortho intramolecular Hbond substituents is 1. The van der Waals surface area contributed by atoms with Crippen molar-refractivity contribution < 1.29 is 29.7 Å². The molecular weight excluding hydrogens is 462 g/mol. The zero-order valence-corrected chi connectivity index (χ0v) is 19.3. The van der Waals surface area contributed by atoms with Crippen LogP contribution in [-0.2, 0) is 9.59 Å². The highest BCUT2D eigenvalue weighted by Gasteiger charge is 2.48. The second-order valence-corrected chi connectivity index (χ2v) is 8.68. The van der Waals surface area contributed by atoms with Gasteiger partial charge in [-0.15, -0.1) is 0 Å². The number of aryl methyl sites for hydroxylation is 2. The minimum absolute atomic E-state index is 0.00447. The van der Waals surface area contributed by atoms with E-state index in [1.165, 1.54) is 30.3 Å². The highest BCUT2D eigenvalue weighted by atomic mass is 16.4. The number of H-pyrrole nitrogens is 1. The third-order valence-electron chi connectivity index (χ3n) is 6.25. The van der Waals surface area contributed by atoms with Crippen molar-refractivity contribution in [3.05, 3.63) is 94.1 Å². The molecule has 1 unspecified atom stereocenters. The maximum absolute atomic E-state index is 13.3. The van der Waals surface area contributed by atoms with E-state index in [4.69, 9.17) is 0 Å². The molecule has 1 aromatic heterocycles. The lowest BCUT2D eigenvalue weighted by Crippen LogP contribution is -2.30. The summed E-state index contributed by atoms with van der Waals surface area (Å²) in [6.07, 6.45) is 0. The predicted molar refractivity (Wildman–Crippen MR) is 132 cm³/mol. The summed E-state index contributed by atoms with van der Waals surface area (Å²) in [5.74, 6) is -3.22. The molecule has 1 aliphatic heterocycles. The number of hydrogen-bond acceptors (Lipinski definition) is 6. The molecule has 2 heterocycles. The maximum Gasteiger partial charge on any atom is 0.335 e. The van der Waals surface area contributed by atoms with E-state index in [0.29, 0.717) is 22.2 Å². The van der Waals surface area contributed by atoms with Gasteiger partial charge in [0.2, 0.25) is 5.95 Å².